The van der Waals surface area contributed by atoms with Crippen LogP contribution in [0.3, 0.4) is 0 Å². The minimum absolute atomic E-state index is 0.365. The van der Waals surface area contributed by atoms with Crippen LogP contribution < -0.4 is 9.47 Å². The van der Waals surface area contributed by atoms with E-state index in [9.17, 15) is 19.5 Å². The molecule has 1 aliphatic rings. The fourth-order valence-corrected chi connectivity index (χ4v) is 4.09. The van der Waals surface area contributed by atoms with Gasteiger partial charge >= 0.3 is 11.9 Å². The van der Waals surface area contributed by atoms with Gasteiger partial charge in [-0.3, -0.25) is 14.4 Å². The quantitative estimate of drug-likeness (QED) is 0.513. The second-order valence-electron chi connectivity index (χ2n) is 8.57. The molecule has 1 fully saturated rings. The average molecular weight is 437 g/mol. The summed E-state index contributed by atoms with van der Waals surface area (Å²) >= 11 is 0. The predicted octanol–water partition coefficient (Wildman–Crippen LogP) is 2.65. The third-order valence-electron chi connectivity index (χ3n) is 5.27. The summed E-state index contributed by atoms with van der Waals surface area (Å²) < 4.78 is 21.4. The molecule has 0 radical (unpaired) electrons. The van der Waals surface area contributed by atoms with Gasteiger partial charge in [0.15, 0.2) is 17.3 Å². The van der Waals surface area contributed by atoms with Crippen molar-refractivity contribution in [2.75, 3.05) is 14.2 Å². The third kappa shape index (κ3) is 5.36. The zero-order valence-electron chi connectivity index (χ0n) is 19.1. The Balaban J connectivity index is 2.69. The van der Waals surface area contributed by atoms with Gasteiger partial charge in [-0.15, -0.1) is 0 Å². The van der Waals surface area contributed by atoms with Gasteiger partial charge in [0.25, 0.3) is 0 Å². The number of benzene rings is 1. The highest BCUT2D eigenvalue weighted by molar-refractivity contribution is 6.02. The smallest absolute Gasteiger partial charge is 0.317 e. The lowest BCUT2D eigenvalue weighted by molar-refractivity contribution is -0.176. The summed E-state index contributed by atoms with van der Waals surface area (Å²) in [6.07, 6.45) is -1.25. The largest absolute Gasteiger partial charge is 0.493 e. The van der Waals surface area contributed by atoms with E-state index in [2.05, 4.69) is 0 Å². The first-order chi connectivity index (χ1) is 14.4. The number of esters is 2. The number of hydrogen-bond acceptors (Lipinski definition) is 8. The summed E-state index contributed by atoms with van der Waals surface area (Å²) in [6.45, 7) is 8.15. The molecule has 0 saturated heterocycles. The third-order valence-corrected chi connectivity index (χ3v) is 5.27. The lowest BCUT2D eigenvalue weighted by atomic mass is 9.61. The first kappa shape index (κ1) is 24.7. The molecule has 172 valence electrons. The molecule has 8 nitrogen and oxygen atoms in total. The summed E-state index contributed by atoms with van der Waals surface area (Å²) in [6, 6.07) is 4.87. The number of carbonyl (C=O) groups is 3. The molecule has 2 rings (SSSR count). The Kier molecular flexibility index (Phi) is 7.70. The van der Waals surface area contributed by atoms with E-state index >= 15 is 0 Å². The van der Waals surface area contributed by atoms with Crippen LogP contribution in [0.1, 0.15) is 52.5 Å². The van der Waals surface area contributed by atoms with Crippen LogP contribution >= 0.6 is 0 Å². The molecule has 0 aliphatic heterocycles. The monoisotopic (exact) mass is 436 g/mol. The minimum atomic E-state index is -1.71. The molecule has 0 heterocycles. The zero-order valence-corrected chi connectivity index (χ0v) is 19.1. The Bertz CT molecular complexity index is 819. The van der Waals surface area contributed by atoms with Crippen molar-refractivity contribution in [3.8, 4) is 11.5 Å². The number of ketones is 1. The second-order valence-corrected chi connectivity index (χ2v) is 8.57. The standard InChI is InChI=1S/C23H32O8/c1-12(2)30-21(25)19-15(24)11-23(5,27)20(22(26)31-13(3)4)18(19)14-8-9-16(28-6)17(10-14)29-7/h8-10,12-13,18-20,27H,11H2,1-7H3/t18-,19-,20-,23+/m1/s1. The highest BCUT2D eigenvalue weighted by Gasteiger charge is 2.57. The SMILES string of the molecule is COc1ccc([C@@H]2[C@H](C(=O)OC(C)C)C(=O)C[C@](C)(O)[C@H]2C(=O)OC(C)C)cc1OC. The molecule has 0 unspecified atom stereocenters. The summed E-state index contributed by atoms with van der Waals surface area (Å²) in [5.74, 6) is -4.56. The minimum Gasteiger partial charge on any atom is -0.493 e. The van der Waals surface area contributed by atoms with Gasteiger partial charge in [-0.25, -0.2) is 0 Å². The summed E-state index contributed by atoms with van der Waals surface area (Å²) in [7, 11) is 2.94. The Morgan fingerprint density at radius 1 is 1.00 bits per heavy atom. The fraction of sp³-hybridized carbons (Fsp3) is 0.609. The maximum Gasteiger partial charge on any atom is 0.317 e. The Labute approximate surface area is 182 Å². The van der Waals surface area contributed by atoms with E-state index in [1.165, 1.54) is 21.1 Å². The number of ether oxygens (including phenoxy) is 4. The Morgan fingerprint density at radius 2 is 1.55 bits per heavy atom. The van der Waals surface area contributed by atoms with Crippen molar-refractivity contribution in [1.29, 1.82) is 0 Å². The van der Waals surface area contributed by atoms with Gasteiger partial charge in [0, 0.05) is 12.3 Å². The van der Waals surface area contributed by atoms with Gasteiger partial charge in [-0.2, -0.15) is 0 Å². The first-order valence-corrected chi connectivity index (χ1v) is 10.3. The van der Waals surface area contributed by atoms with E-state index in [-0.39, 0.29) is 6.42 Å². The van der Waals surface area contributed by atoms with Crippen LogP contribution in [0.5, 0.6) is 11.5 Å². The molecule has 1 aromatic rings. The van der Waals surface area contributed by atoms with Crippen molar-refractivity contribution < 1.29 is 38.4 Å². The number of aliphatic hydroxyl groups is 1. The molecule has 0 bridgehead atoms. The Hall–Kier alpha value is -2.61. The number of methoxy groups -OCH3 is 2. The van der Waals surface area contributed by atoms with Crippen molar-refractivity contribution in [2.24, 2.45) is 11.8 Å². The number of Topliss-reactive ketones (excluding diaryl/α,β-unsaturated/α-hetero) is 1. The van der Waals surface area contributed by atoms with E-state index < -0.39 is 53.3 Å². The number of hydrogen-bond donors (Lipinski definition) is 1. The Morgan fingerprint density at radius 3 is 2.06 bits per heavy atom. The van der Waals surface area contributed by atoms with E-state index in [4.69, 9.17) is 18.9 Å². The lowest BCUT2D eigenvalue weighted by Crippen LogP contribution is -2.55. The summed E-state index contributed by atoms with van der Waals surface area (Å²) in [4.78, 5) is 39.0. The van der Waals surface area contributed by atoms with Crippen molar-refractivity contribution in [1.82, 2.24) is 0 Å². The maximum atomic E-state index is 13.1. The highest BCUT2D eigenvalue weighted by atomic mass is 16.5. The molecule has 1 N–H and O–H groups in total. The first-order valence-electron chi connectivity index (χ1n) is 10.3. The molecule has 0 amide bonds. The van der Waals surface area contributed by atoms with E-state index in [0.717, 1.165) is 0 Å². The van der Waals surface area contributed by atoms with Crippen LogP contribution in [0.25, 0.3) is 0 Å². The van der Waals surface area contributed by atoms with E-state index in [1.807, 2.05) is 0 Å². The van der Waals surface area contributed by atoms with Gasteiger partial charge in [0.1, 0.15) is 5.92 Å². The van der Waals surface area contributed by atoms with Gasteiger partial charge in [-0.1, -0.05) is 6.07 Å². The van der Waals surface area contributed by atoms with Crippen LogP contribution in [0, 0.1) is 11.8 Å². The van der Waals surface area contributed by atoms with Crippen LogP contribution in [-0.4, -0.2) is 54.9 Å². The van der Waals surface area contributed by atoms with Crippen LogP contribution in [0.2, 0.25) is 0 Å². The summed E-state index contributed by atoms with van der Waals surface area (Å²) in [5.41, 5.74) is -1.25. The van der Waals surface area contributed by atoms with Gasteiger partial charge < -0.3 is 24.1 Å². The van der Waals surface area contributed by atoms with Gasteiger partial charge in [0.2, 0.25) is 0 Å². The van der Waals surface area contributed by atoms with Gasteiger partial charge in [-0.05, 0) is 52.3 Å². The average Bonchev–Trinajstić information content (AvgIpc) is 2.64. The topological polar surface area (TPSA) is 108 Å². The second kappa shape index (κ2) is 9.68. The van der Waals surface area contributed by atoms with Crippen molar-refractivity contribution in [3.63, 3.8) is 0 Å². The van der Waals surface area contributed by atoms with E-state index in [0.29, 0.717) is 17.1 Å². The zero-order chi connectivity index (χ0) is 23.5. The van der Waals surface area contributed by atoms with E-state index in [1.54, 1.807) is 45.9 Å². The molecular formula is C23H32O8. The molecular weight excluding hydrogens is 404 g/mol. The number of rotatable bonds is 7. The van der Waals surface area contributed by atoms with Crippen LogP contribution in [0.15, 0.2) is 18.2 Å². The normalized spacial score (nSPS) is 26.0. The molecule has 1 aliphatic carbocycles. The van der Waals surface area contributed by atoms with Crippen LogP contribution in [0.4, 0.5) is 0 Å². The molecule has 8 heteroatoms. The van der Waals surface area contributed by atoms with Crippen molar-refractivity contribution >= 4 is 17.7 Å². The molecule has 0 aromatic heterocycles. The predicted molar refractivity (Wildman–Crippen MR) is 112 cm³/mol. The molecule has 4 atom stereocenters. The number of carbonyl (C=O) groups excluding carboxylic acids is 3. The van der Waals surface area contributed by atoms with Crippen LogP contribution in [-0.2, 0) is 23.9 Å². The lowest BCUT2D eigenvalue weighted by Gasteiger charge is -2.44. The highest BCUT2D eigenvalue weighted by Crippen LogP contribution is 2.48. The molecule has 0 spiro atoms. The molecule has 1 saturated carbocycles. The summed E-state index contributed by atoms with van der Waals surface area (Å²) in [5, 5.41) is 11.1. The van der Waals surface area contributed by atoms with Crippen molar-refractivity contribution in [3.05, 3.63) is 23.8 Å². The van der Waals surface area contributed by atoms with Crippen molar-refractivity contribution in [2.45, 2.75) is 64.8 Å². The fourth-order valence-electron chi connectivity index (χ4n) is 4.09. The molecule has 31 heavy (non-hydrogen) atoms. The maximum absolute atomic E-state index is 13.1. The van der Waals surface area contributed by atoms with Gasteiger partial charge in [0.05, 0.1) is 37.9 Å². The molecule has 1 aromatic carbocycles.